The Kier molecular flexibility index (Phi) is 63.0. The molecule has 0 bridgehead atoms. The van der Waals surface area contributed by atoms with E-state index >= 15 is 0 Å². The molecule has 2 unspecified atom stereocenters. The first-order valence-electron chi connectivity index (χ1n) is 33.7. The third-order valence-corrected chi connectivity index (χ3v) is 15.7. The molecule has 0 rings (SSSR count). The van der Waals surface area contributed by atoms with E-state index in [4.69, 9.17) is 4.74 Å². The minimum absolute atomic E-state index is 0.00525. The van der Waals surface area contributed by atoms with Crippen LogP contribution in [0, 0.1) is 0 Å². The summed E-state index contributed by atoms with van der Waals surface area (Å²) < 4.78 is 5.49. The Morgan fingerprint density at radius 1 is 0.373 bits per heavy atom. The highest BCUT2D eigenvalue weighted by Gasteiger charge is 2.20. The molecule has 0 aliphatic rings. The van der Waals surface area contributed by atoms with E-state index in [0.29, 0.717) is 25.9 Å². The van der Waals surface area contributed by atoms with Crippen molar-refractivity contribution in [2.24, 2.45) is 0 Å². The molecule has 6 nitrogen and oxygen atoms in total. The predicted molar refractivity (Wildman–Crippen MR) is 329 cm³/mol. The van der Waals surface area contributed by atoms with Gasteiger partial charge in [0.05, 0.1) is 25.4 Å². The molecule has 2 atom stereocenters. The van der Waals surface area contributed by atoms with Crippen LogP contribution in [0.2, 0.25) is 0 Å². The second kappa shape index (κ2) is 64.6. The van der Waals surface area contributed by atoms with Gasteiger partial charge in [-0.05, 0) is 83.5 Å². The van der Waals surface area contributed by atoms with E-state index in [1.54, 1.807) is 0 Å². The lowest BCUT2D eigenvalue weighted by molar-refractivity contribution is -0.143. The quantitative estimate of drug-likeness (QED) is 0.0320. The molecule has 0 radical (unpaired) electrons. The Labute approximate surface area is 468 Å². The summed E-state index contributed by atoms with van der Waals surface area (Å²) in [5.41, 5.74) is 0. The molecule has 442 valence electrons. The summed E-state index contributed by atoms with van der Waals surface area (Å²) in [5, 5.41) is 23.1. The molecular formula is C69H131NO5. The van der Waals surface area contributed by atoms with E-state index < -0.39 is 12.1 Å². The van der Waals surface area contributed by atoms with Crippen LogP contribution in [-0.4, -0.2) is 47.4 Å². The number of allylic oxidation sites excluding steroid dienone is 6. The third-order valence-electron chi connectivity index (χ3n) is 15.7. The fraction of sp³-hybridized carbons (Fsp3) is 0.884. The molecule has 0 saturated carbocycles. The molecule has 0 heterocycles. The maximum absolute atomic E-state index is 12.4. The van der Waals surface area contributed by atoms with E-state index in [0.717, 1.165) is 51.4 Å². The Hall–Kier alpha value is -1.92. The average molecular weight is 1050 g/mol. The molecule has 1 amide bonds. The summed E-state index contributed by atoms with van der Waals surface area (Å²) in [6.07, 6.45) is 82.0. The van der Waals surface area contributed by atoms with Crippen molar-refractivity contribution in [3.63, 3.8) is 0 Å². The van der Waals surface area contributed by atoms with E-state index in [1.807, 2.05) is 0 Å². The Bertz CT molecular complexity index is 1210. The fourth-order valence-electron chi connectivity index (χ4n) is 10.5. The molecule has 0 spiro atoms. The van der Waals surface area contributed by atoms with Crippen molar-refractivity contribution in [3.05, 3.63) is 36.5 Å². The van der Waals surface area contributed by atoms with E-state index in [1.165, 1.54) is 283 Å². The number of ether oxygens (including phenoxy) is 1. The first-order chi connectivity index (χ1) is 37.0. The number of amides is 1. The van der Waals surface area contributed by atoms with Gasteiger partial charge in [0.25, 0.3) is 0 Å². The molecule has 0 aromatic carbocycles. The van der Waals surface area contributed by atoms with Crippen molar-refractivity contribution < 1.29 is 24.5 Å². The molecule has 0 aromatic rings. The number of nitrogens with one attached hydrogen (secondary N) is 1. The van der Waals surface area contributed by atoms with Gasteiger partial charge in [0.1, 0.15) is 0 Å². The number of carbonyl (C=O) groups excluding carboxylic acids is 2. The lowest BCUT2D eigenvalue weighted by Gasteiger charge is -2.22. The van der Waals surface area contributed by atoms with Gasteiger partial charge in [-0.15, -0.1) is 0 Å². The van der Waals surface area contributed by atoms with Gasteiger partial charge in [0.15, 0.2) is 0 Å². The monoisotopic (exact) mass is 1050 g/mol. The zero-order valence-electron chi connectivity index (χ0n) is 50.5. The maximum atomic E-state index is 12.4. The lowest BCUT2D eigenvalue weighted by Crippen LogP contribution is -2.45. The largest absolute Gasteiger partial charge is 0.466 e. The Balaban J connectivity index is 3.32. The average Bonchev–Trinajstić information content (AvgIpc) is 3.41. The minimum Gasteiger partial charge on any atom is -0.466 e. The van der Waals surface area contributed by atoms with Crippen LogP contribution in [0.1, 0.15) is 367 Å². The smallest absolute Gasteiger partial charge is 0.305 e. The highest BCUT2D eigenvalue weighted by Crippen LogP contribution is 2.18. The van der Waals surface area contributed by atoms with Gasteiger partial charge >= 0.3 is 5.97 Å². The van der Waals surface area contributed by atoms with Gasteiger partial charge in [0, 0.05) is 12.8 Å². The van der Waals surface area contributed by atoms with Crippen LogP contribution in [0.4, 0.5) is 0 Å². The Morgan fingerprint density at radius 3 is 1.04 bits per heavy atom. The van der Waals surface area contributed by atoms with Crippen LogP contribution < -0.4 is 5.32 Å². The topological polar surface area (TPSA) is 95.9 Å². The van der Waals surface area contributed by atoms with Crippen LogP contribution in [0.3, 0.4) is 0 Å². The van der Waals surface area contributed by atoms with Crippen molar-refractivity contribution >= 4 is 11.9 Å². The number of hydrogen-bond acceptors (Lipinski definition) is 5. The molecule has 0 saturated heterocycles. The molecule has 0 aliphatic heterocycles. The molecule has 75 heavy (non-hydrogen) atoms. The van der Waals surface area contributed by atoms with Gasteiger partial charge in [0.2, 0.25) is 5.91 Å². The molecular weight excluding hydrogens is 923 g/mol. The summed E-state index contributed by atoms with van der Waals surface area (Å²) in [6.45, 7) is 4.93. The fourth-order valence-corrected chi connectivity index (χ4v) is 10.5. The maximum Gasteiger partial charge on any atom is 0.305 e. The number of unbranched alkanes of at least 4 members (excludes halogenated alkanes) is 46. The van der Waals surface area contributed by atoms with E-state index in [2.05, 4.69) is 55.6 Å². The van der Waals surface area contributed by atoms with Gasteiger partial charge in [-0.3, -0.25) is 9.59 Å². The first-order valence-corrected chi connectivity index (χ1v) is 33.7. The number of carbonyl (C=O) groups is 2. The normalized spacial score (nSPS) is 12.7. The van der Waals surface area contributed by atoms with Crippen LogP contribution >= 0.6 is 0 Å². The predicted octanol–water partition coefficient (Wildman–Crippen LogP) is 21.5. The van der Waals surface area contributed by atoms with Crippen LogP contribution in [0.25, 0.3) is 0 Å². The number of rotatable bonds is 63. The van der Waals surface area contributed by atoms with Crippen molar-refractivity contribution in [1.29, 1.82) is 0 Å². The van der Waals surface area contributed by atoms with Crippen molar-refractivity contribution in [2.75, 3.05) is 13.2 Å². The second-order valence-electron chi connectivity index (χ2n) is 23.1. The van der Waals surface area contributed by atoms with Crippen molar-refractivity contribution in [1.82, 2.24) is 5.32 Å². The van der Waals surface area contributed by atoms with Gasteiger partial charge < -0.3 is 20.3 Å². The van der Waals surface area contributed by atoms with Crippen molar-refractivity contribution in [2.45, 2.75) is 379 Å². The molecule has 6 heteroatoms. The van der Waals surface area contributed by atoms with E-state index in [9.17, 15) is 19.8 Å². The van der Waals surface area contributed by atoms with Crippen LogP contribution in [0.5, 0.6) is 0 Å². The summed E-state index contributed by atoms with van der Waals surface area (Å²) in [4.78, 5) is 24.5. The number of esters is 1. The van der Waals surface area contributed by atoms with Gasteiger partial charge in [-0.25, -0.2) is 0 Å². The first kappa shape index (κ1) is 73.1. The molecule has 0 aliphatic carbocycles. The van der Waals surface area contributed by atoms with Gasteiger partial charge in [-0.2, -0.15) is 0 Å². The zero-order valence-corrected chi connectivity index (χ0v) is 50.5. The number of aliphatic hydroxyl groups is 2. The molecule has 0 fully saturated rings. The van der Waals surface area contributed by atoms with Crippen molar-refractivity contribution in [3.8, 4) is 0 Å². The van der Waals surface area contributed by atoms with Crippen LogP contribution in [-0.2, 0) is 14.3 Å². The SMILES string of the molecule is CCCCCC/C=C\C/C=C\CCCCCCCC(=O)OCCCCCCCCCCCCCC/C=C\CCCCCCCCCCCCCCCCCCCC(=O)NC(CO)C(O)CCCCCCCCCCC. The summed E-state index contributed by atoms with van der Waals surface area (Å²) in [5.74, 6) is -0.0279. The second-order valence-corrected chi connectivity index (χ2v) is 23.1. The van der Waals surface area contributed by atoms with Crippen LogP contribution in [0.15, 0.2) is 36.5 Å². The molecule has 0 aromatic heterocycles. The lowest BCUT2D eigenvalue weighted by atomic mass is 10.0. The highest BCUT2D eigenvalue weighted by atomic mass is 16.5. The standard InChI is InChI=1S/C69H131NO5/c1-3-5-7-9-11-13-14-15-16-37-40-43-47-51-55-59-63-69(74)75-64-60-56-52-48-44-41-38-35-33-31-29-27-25-23-21-19-17-18-20-22-24-26-28-30-32-34-36-39-42-46-50-54-58-62-68(73)70-66(65-71)67(72)61-57-53-49-45-12-10-8-6-4-2/h13-14,16,21,23,37,66-67,71-72H,3-12,15,17-20,22,24-36,38-65H2,1-2H3,(H,70,73)/b14-13-,23-21-,37-16-. The zero-order chi connectivity index (χ0) is 54.3. The Morgan fingerprint density at radius 2 is 0.667 bits per heavy atom. The highest BCUT2D eigenvalue weighted by molar-refractivity contribution is 5.76. The summed E-state index contributed by atoms with van der Waals surface area (Å²) >= 11 is 0. The van der Waals surface area contributed by atoms with Gasteiger partial charge in [-0.1, -0.05) is 307 Å². The minimum atomic E-state index is -0.660. The summed E-state index contributed by atoms with van der Waals surface area (Å²) in [7, 11) is 0. The number of hydrogen-bond donors (Lipinski definition) is 3. The third kappa shape index (κ3) is 61.2. The molecule has 3 N–H and O–H groups in total. The number of aliphatic hydroxyl groups excluding tert-OH is 2. The summed E-state index contributed by atoms with van der Waals surface area (Å²) in [6, 6.07) is -0.537. The van der Waals surface area contributed by atoms with E-state index in [-0.39, 0.29) is 18.5 Å².